The molecule has 0 radical (unpaired) electrons. The first-order valence-corrected chi connectivity index (χ1v) is 11.8. The van der Waals surface area contributed by atoms with Crippen LogP contribution in [0.5, 0.6) is 0 Å². The Kier molecular flexibility index (Phi) is 5.62. The van der Waals surface area contributed by atoms with Gasteiger partial charge in [0.2, 0.25) is 15.9 Å². The number of benzene rings is 3. The average Bonchev–Trinajstić information content (AvgIpc) is 3.26. The Morgan fingerprint density at radius 2 is 1.83 bits per heavy atom. The van der Waals surface area contributed by atoms with Gasteiger partial charge in [-0.1, -0.05) is 55.5 Å². The monoisotopic (exact) mass is 422 g/mol. The number of hydrogen-bond donors (Lipinski definition) is 1. The number of para-hydroxylation sites is 1. The van der Waals surface area contributed by atoms with E-state index in [-0.39, 0.29) is 10.8 Å². The van der Waals surface area contributed by atoms with Crippen LogP contribution in [0.1, 0.15) is 30.9 Å². The summed E-state index contributed by atoms with van der Waals surface area (Å²) in [5.74, 6) is -0.263. The van der Waals surface area contributed by atoms with E-state index < -0.39 is 16.1 Å². The molecule has 1 N–H and O–H groups in total. The maximum Gasteiger partial charge on any atom is 0.243 e. The molecule has 1 aliphatic rings. The molecule has 1 atom stereocenters. The Balaban J connectivity index is 1.63. The van der Waals surface area contributed by atoms with Crippen molar-refractivity contribution in [2.75, 3.05) is 11.9 Å². The minimum atomic E-state index is -3.77. The molecule has 5 nitrogen and oxygen atoms in total. The molecule has 3 aromatic carbocycles. The van der Waals surface area contributed by atoms with E-state index in [1.165, 1.54) is 4.31 Å². The molecular weight excluding hydrogens is 396 g/mol. The molecule has 1 aliphatic heterocycles. The van der Waals surface area contributed by atoms with Crippen LogP contribution in [-0.2, 0) is 21.2 Å². The Bertz CT molecular complexity index is 1200. The van der Waals surface area contributed by atoms with Gasteiger partial charge in [0.1, 0.15) is 6.04 Å². The van der Waals surface area contributed by atoms with Crippen LogP contribution in [-0.4, -0.2) is 31.2 Å². The molecule has 1 fully saturated rings. The van der Waals surface area contributed by atoms with E-state index >= 15 is 0 Å². The van der Waals surface area contributed by atoms with Gasteiger partial charge in [0.05, 0.1) is 4.90 Å². The SMILES string of the molecule is CCc1cccc(C)c1NC(=O)[C@@H]1CCCN1S(=O)(=O)c1ccc2ccccc2c1. The van der Waals surface area contributed by atoms with E-state index in [0.29, 0.717) is 19.4 Å². The van der Waals surface area contributed by atoms with E-state index in [4.69, 9.17) is 0 Å². The fraction of sp³-hybridized carbons (Fsp3) is 0.292. The Hall–Kier alpha value is -2.70. The van der Waals surface area contributed by atoms with Crippen LogP contribution in [0.3, 0.4) is 0 Å². The Morgan fingerprint density at radius 1 is 1.07 bits per heavy atom. The van der Waals surface area contributed by atoms with E-state index in [1.807, 2.05) is 62.4 Å². The standard InChI is InChI=1S/C24H26N2O3S/c1-3-18-11-6-8-17(2)23(18)25-24(27)22-12-7-15-26(22)30(28,29)21-14-13-19-9-4-5-10-20(19)16-21/h4-6,8-11,13-14,16,22H,3,7,12,15H2,1-2H3,(H,25,27)/t22-/m0/s1. The lowest BCUT2D eigenvalue weighted by atomic mass is 10.1. The molecule has 1 saturated heterocycles. The normalized spacial score (nSPS) is 17.3. The van der Waals surface area contributed by atoms with Crippen LogP contribution in [0.15, 0.2) is 65.6 Å². The maximum atomic E-state index is 13.4. The van der Waals surface area contributed by atoms with Crippen LogP contribution in [0.2, 0.25) is 0 Å². The zero-order valence-electron chi connectivity index (χ0n) is 17.3. The summed E-state index contributed by atoms with van der Waals surface area (Å²) in [4.78, 5) is 13.3. The van der Waals surface area contributed by atoms with Crippen molar-refractivity contribution in [2.45, 2.75) is 44.0 Å². The lowest BCUT2D eigenvalue weighted by Gasteiger charge is -2.24. The lowest BCUT2D eigenvalue weighted by molar-refractivity contribution is -0.119. The summed E-state index contributed by atoms with van der Waals surface area (Å²) in [5, 5.41) is 4.86. The van der Waals surface area contributed by atoms with Gasteiger partial charge in [-0.05, 0) is 60.2 Å². The first kappa shape index (κ1) is 20.6. The molecule has 0 spiro atoms. The fourth-order valence-corrected chi connectivity index (χ4v) is 5.85. The number of fused-ring (bicyclic) bond motifs is 1. The van der Waals surface area contributed by atoms with Crippen LogP contribution in [0.25, 0.3) is 10.8 Å². The second-order valence-electron chi connectivity index (χ2n) is 7.73. The summed E-state index contributed by atoms with van der Waals surface area (Å²) in [6, 6.07) is 18.0. The predicted octanol–water partition coefficient (Wildman–Crippen LogP) is 4.50. The highest BCUT2D eigenvalue weighted by molar-refractivity contribution is 7.89. The number of anilines is 1. The summed E-state index contributed by atoms with van der Waals surface area (Å²) in [6.07, 6.45) is 1.98. The molecule has 1 amide bonds. The second-order valence-corrected chi connectivity index (χ2v) is 9.63. The highest BCUT2D eigenvalue weighted by atomic mass is 32.2. The Morgan fingerprint density at radius 3 is 2.60 bits per heavy atom. The smallest absolute Gasteiger partial charge is 0.243 e. The van der Waals surface area contributed by atoms with Gasteiger partial charge in [-0.15, -0.1) is 0 Å². The van der Waals surface area contributed by atoms with Gasteiger partial charge in [0.25, 0.3) is 0 Å². The lowest BCUT2D eigenvalue weighted by Crippen LogP contribution is -2.43. The summed E-state index contributed by atoms with van der Waals surface area (Å²) >= 11 is 0. The third kappa shape index (κ3) is 3.73. The van der Waals surface area contributed by atoms with E-state index in [1.54, 1.807) is 12.1 Å². The number of nitrogens with zero attached hydrogens (tertiary/aromatic N) is 1. The molecule has 156 valence electrons. The number of amides is 1. The zero-order valence-corrected chi connectivity index (χ0v) is 18.1. The van der Waals surface area contributed by atoms with Crippen molar-refractivity contribution >= 4 is 32.4 Å². The van der Waals surface area contributed by atoms with E-state index in [2.05, 4.69) is 5.32 Å². The van der Waals surface area contributed by atoms with Gasteiger partial charge < -0.3 is 5.32 Å². The minimum absolute atomic E-state index is 0.228. The number of aryl methyl sites for hydroxylation is 2. The number of nitrogens with one attached hydrogen (secondary N) is 1. The first-order valence-electron chi connectivity index (χ1n) is 10.3. The molecule has 0 aromatic heterocycles. The van der Waals surface area contributed by atoms with Crippen molar-refractivity contribution < 1.29 is 13.2 Å². The molecule has 0 unspecified atom stereocenters. The second kappa shape index (κ2) is 8.20. The van der Waals surface area contributed by atoms with Crippen LogP contribution in [0, 0.1) is 6.92 Å². The molecule has 0 saturated carbocycles. The van der Waals surface area contributed by atoms with Crippen molar-refractivity contribution in [2.24, 2.45) is 0 Å². The van der Waals surface area contributed by atoms with E-state index in [0.717, 1.165) is 34.0 Å². The van der Waals surface area contributed by atoms with Crippen LogP contribution < -0.4 is 5.32 Å². The van der Waals surface area contributed by atoms with Crippen molar-refractivity contribution in [3.05, 3.63) is 71.8 Å². The topological polar surface area (TPSA) is 66.5 Å². The molecule has 6 heteroatoms. The first-order chi connectivity index (χ1) is 14.4. The quantitative estimate of drug-likeness (QED) is 0.658. The third-order valence-electron chi connectivity index (χ3n) is 5.82. The van der Waals surface area contributed by atoms with Gasteiger partial charge in [-0.3, -0.25) is 4.79 Å². The molecular formula is C24H26N2O3S. The molecule has 3 aromatic rings. The van der Waals surface area contributed by atoms with Crippen molar-refractivity contribution in [1.29, 1.82) is 0 Å². The number of rotatable bonds is 5. The van der Waals surface area contributed by atoms with Crippen LogP contribution >= 0.6 is 0 Å². The maximum absolute atomic E-state index is 13.4. The molecule has 4 rings (SSSR count). The van der Waals surface area contributed by atoms with Gasteiger partial charge in [0, 0.05) is 12.2 Å². The average molecular weight is 423 g/mol. The van der Waals surface area contributed by atoms with Crippen LogP contribution in [0.4, 0.5) is 5.69 Å². The number of hydrogen-bond acceptors (Lipinski definition) is 3. The summed E-state index contributed by atoms with van der Waals surface area (Å²) in [7, 11) is -3.77. The number of carbonyl (C=O) groups is 1. The molecule has 1 heterocycles. The third-order valence-corrected chi connectivity index (χ3v) is 7.73. The summed E-state index contributed by atoms with van der Waals surface area (Å²) in [5.41, 5.74) is 2.81. The Labute approximate surface area is 177 Å². The van der Waals surface area contributed by atoms with Gasteiger partial charge in [-0.25, -0.2) is 8.42 Å². The highest BCUT2D eigenvalue weighted by Crippen LogP contribution is 2.30. The number of carbonyl (C=O) groups excluding carboxylic acids is 1. The fourth-order valence-electron chi connectivity index (χ4n) is 4.16. The van der Waals surface area contributed by atoms with Crippen molar-refractivity contribution in [3.8, 4) is 0 Å². The van der Waals surface area contributed by atoms with Crippen molar-refractivity contribution in [1.82, 2.24) is 4.31 Å². The molecule has 0 bridgehead atoms. The molecule has 30 heavy (non-hydrogen) atoms. The number of sulfonamides is 1. The van der Waals surface area contributed by atoms with Gasteiger partial charge in [-0.2, -0.15) is 4.31 Å². The zero-order chi connectivity index (χ0) is 21.3. The largest absolute Gasteiger partial charge is 0.324 e. The van der Waals surface area contributed by atoms with Gasteiger partial charge >= 0.3 is 0 Å². The predicted molar refractivity (Wildman–Crippen MR) is 120 cm³/mol. The minimum Gasteiger partial charge on any atom is -0.324 e. The van der Waals surface area contributed by atoms with Crippen molar-refractivity contribution in [3.63, 3.8) is 0 Å². The van der Waals surface area contributed by atoms with E-state index in [9.17, 15) is 13.2 Å². The summed E-state index contributed by atoms with van der Waals surface area (Å²) in [6.45, 7) is 4.34. The summed E-state index contributed by atoms with van der Waals surface area (Å²) < 4.78 is 28.1. The highest BCUT2D eigenvalue weighted by Gasteiger charge is 2.39. The molecule has 0 aliphatic carbocycles. The van der Waals surface area contributed by atoms with Gasteiger partial charge in [0.15, 0.2) is 0 Å².